The zero-order chi connectivity index (χ0) is 24.0. The van der Waals surface area contributed by atoms with Crippen LogP contribution in [0.25, 0.3) is 22.4 Å². The minimum absolute atomic E-state index is 0.00538. The van der Waals surface area contributed by atoms with Crippen LogP contribution in [-0.2, 0) is 10.3 Å². The lowest BCUT2D eigenvalue weighted by Crippen LogP contribution is -2.43. The molecule has 2 bridgehead atoms. The predicted molar refractivity (Wildman–Crippen MR) is 128 cm³/mol. The van der Waals surface area contributed by atoms with Gasteiger partial charge in [0, 0.05) is 24.3 Å². The number of ether oxygens (including phenoxy) is 1. The van der Waals surface area contributed by atoms with E-state index in [1.54, 1.807) is 12.1 Å². The highest BCUT2D eigenvalue weighted by atomic mass is 16.5. The summed E-state index contributed by atoms with van der Waals surface area (Å²) in [6.45, 7) is 7.60. The first kappa shape index (κ1) is 22.5. The first-order valence-corrected chi connectivity index (χ1v) is 11.6. The maximum atomic E-state index is 11.5. The molecule has 2 N–H and O–H groups in total. The van der Waals surface area contributed by atoms with Gasteiger partial charge >= 0.3 is 6.09 Å². The Balaban J connectivity index is 1.59. The molecule has 2 aromatic heterocycles. The van der Waals surface area contributed by atoms with Crippen molar-refractivity contribution in [3.8, 4) is 11.4 Å². The molecule has 10 heteroatoms. The first-order valence-electron chi connectivity index (χ1n) is 11.6. The number of morpholine rings is 1. The zero-order valence-corrected chi connectivity index (χ0v) is 19.7. The summed E-state index contributed by atoms with van der Waals surface area (Å²) in [5.74, 6) is 1.41. The lowest BCUT2D eigenvalue weighted by molar-refractivity contribution is 0.0303. The maximum Gasteiger partial charge on any atom is 0.411 e. The van der Waals surface area contributed by atoms with Crippen molar-refractivity contribution in [1.29, 1.82) is 0 Å². The fourth-order valence-electron chi connectivity index (χ4n) is 4.77. The molecule has 2 aliphatic heterocycles. The average Bonchev–Trinajstić information content (AvgIpc) is 3.39. The van der Waals surface area contributed by atoms with Crippen molar-refractivity contribution in [3.05, 3.63) is 30.5 Å². The zero-order valence-electron chi connectivity index (χ0n) is 19.7. The van der Waals surface area contributed by atoms with Crippen LogP contribution in [0.5, 0.6) is 0 Å². The van der Waals surface area contributed by atoms with E-state index in [2.05, 4.69) is 30.8 Å². The number of hydrogen-bond acceptors (Lipinski definition) is 7. The predicted octanol–water partition coefficient (Wildman–Crippen LogP) is 3.09. The molecule has 0 radical (unpaired) electrons. The van der Waals surface area contributed by atoms with Crippen LogP contribution >= 0.6 is 0 Å². The third-order valence-electron chi connectivity index (χ3n) is 6.38. The summed E-state index contributed by atoms with van der Waals surface area (Å²) in [5, 5.41) is 24.2. The number of amides is 1. The second-order valence-electron chi connectivity index (χ2n) is 9.90. The Morgan fingerprint density at radius 1 is 1.15 bits per heavy atom. The number of anilines is 2. The normalized spacial score (nSPS) is 20.2. The van der Waals surface area contributed by atoms with E-state index < -0.39 is 6.09 Å². The van der Waals surface area contributed by atoms with Crippen LogP contribution in [-0.4, -0.2) is 74.5 Å². The van der Waals surface area contributed by atoms with Crippen LogP contribution < -0.4 is 9.80 Å². The molecular weight excluding hydrogens is 436 g/mol. The number of aliphatic hydroxyl groups excluding tert-OH is 1. The van der Waals surface area contributed by atoms with Gasteiger partial charge in [0.05, 0.1) is 42.5 Å². The summed E-state index contributed by atoms with van der Waals surface area (Å²) >= 11 is 0. The summed E-state index contributed by atoms with van der Waals surface area (Å²) in [4.78, 5) is 24.8. The number of aliphatic hydroxyl groups is 1. The van der Waals surface area contributed by atoms with Gasteiger partial charge < -0.3 is 19.8 Å². The van der Waals surface area contributed by atoms with Gasteiger partial charge in [-0.1, -0.05) is 0 Å². The number of carboxylic acid groups (broad SMARTS) is 1. The average molecular weight is 467 g/mol. The highest BCUT2D eigenvalue weighted by Gasteiger charge is 2.35. The van der Waals surface area contributed by atoms with Gasteiger partial charge in [0.25, 0.3) is 0 Å². The summed E-state index contributed by atoms with van der Waals surface area (Å²) in [6, 6.07) is 7.05. The third-order valence-corrected chi connectivity index (χ3v) is 6.38. The number of aromatic nitrogens is 4. The molecule has 2 saturated heterocycles. The largest absolute Gasteiger partial charge is 0.465 e. The molecule has 2 aliphatic rings. The monoisotopic (exact) mass is 466 g/mol. The van der Waals surface area contributed by atoms with Crippen LogP contribution in [0.3, 0.4) is 0 Å². The summed E-state index contributed by atoms with van der Waals surface area (Å²) in [6.07, 6.45) is 3.31. The van der Waals surface area contributed by atoms with Crippen molar-refractivity contribution in [1.82, 2.24) is 19.7 Å². The van der Waals surface area contributed by atoms with Crippen molar-refractivity contribution in [2.24, 2.45) is 0 Å². The number of carbonyl (C=O) groups is 1. The number of rotatable bonds is 5. The molecule has 0 aliphatic carbocycles. The van der Waals surface area contributed by atoms with E-state index >= 15 is 0 Å². The molecule has 0 saturated carbocycles. The molecule has 2 unspecified atom stereocenters. The van der Waals surface area contributed by atoms with Gasteiger partial charge in [-0.05, 0) is 57.9 Å². The fourth-order valence-corrected chi connectivity index (χ4v) is 4.77. The molecular formula is C24H30N6O4. The van der Waals surface area contributed by atoms with Gasteiger partial charge in [0.15, 0.2) is 11.5 Å². The van der Waals surface area contributed by atoms with Crippen molar-refractivity contribution >= 4 is 28.6 Å². The standard InChI is InChI=1S/C24H30N6O4/c1-24(2,3)30-22-19(12-25-30)21(28-13-17-8-9-18(14-28)34-17)26-20(27-22)15-4-6-16(7-5-15)29(10-11-31)23(32)33/h4-7,12,17-18,31H,8-11,13-14H2,1-3H3,(H,32,33). The topological polar surface area (TPSA) is 117 Å². The minimum atomic E-state index is -1.11. The smallest absolute Gasteiger partial charge is 0.411 e. The summed E-state index contributed by atoms with van der Waals surface area (Å²) in [5.41, 5.74) is 1.77. The summed E-state index contributed by atoms with van der Waals surface area (Å²) in [7, 11) is 0. The molecule has 180 valence electrons. The van der Waals surface area contributed by atoms with Crippen LogP contribution in [0.1, 0.15) is 33.6 Å². The Kier molecular flexibility index (Phi) is 5.65. The van der Waals surface area contributed by atoms with Gasteiger partial charge in [0.1, 0.15) is 5.82 Å². The molecule has 34 heavy (non-hydrogen) atoms. The van der Waals surface area contributed by atoms with Gasteiger partial charge in [0.2, 0.25) is 0 Å². The van der Waals surface area contributed by atoms with Crippen molar-refractivity contribution in [2.75, 3.05) is 36.0 Å². The van der Waals surface area contributed by atoms with E-state index in [0.717, 1.165) is 53.2 Å². The lowest BCUT2D eigenvalue weighted by atomic mass is 10.1. The summed E-state index contributed by atoms with van der Waals surface area (Å²) < 4.78 is 7.96. The number of hydrogen-bond donors (Lipinski definition) is 2. The Morgan fingerprint density at radius 2 is 1.82 bits per heavy atom. The maximum absolute atomic E-state index is 11.5. The number of fused-ring (bicyclic) bond motifs is 3. The number of nitrogens with zero attached hydrogens (tertiary/aromatic N) is 6. The quantitative estimate of drug-likeness (QED) is 0.589. The molecule has 2 fully saturated rings. The molecule has 3 aromatic rings. The Morgan fingerprint density at radius 3 is 2.41 bits per heavy atom. The molecule has 1 amide bonds. The van der Waals surface area contributed by atoms with Crippen LogP contribution in [0, 0.1) is 0 Å². The second kappa shape index (κ2) is 8.52. The molecule has 10 nitrogen and oxygen atoms in total. The lowest BCUT2D eigenvalue weighted by Gasteiger charge is -2.33. The Labute approximate surface area is 197 Å². The van der Waals surface area contributed by atoms with Crippen LogP contribution in [0.2, 0.25) is 0 Å². The molecule has 1 aromatic carbocycles. The molecule has 0 spiro atoms. The van der Waals surface area contributed by atoms with E-state index in [1.165, 1.54) is 0 Å². The molecule has 5 rings (SSSR count). The van der Waals surface area contributed by atoms with E-state index in [1.807, 2.05) is 23.0 Å². The Hall–Kier alpha value is -3.24. The van der Waals surface area contributed by atoms with Gasteiger partial charge in [-0.15, -0.1) is 0 Å². The van der Waals surface area contributed by atoms with Gasteiger partial charge in [-0.25, -0.2) is 19.4 Å². The van der Waals surface area contributed by atoms with Gasteiger partial charge in [-0.2, -0.15) is 5.10 Å². The molecule has 4 heterocycles. The minimum Gasteiger partial charge on any atom is -0.465 e. The van der Waals surface area contributed by atoms with E-state index in [9.17, 15) is 15.0 Å². The van der Waals surface area contributed by atoms with E-state index in [4.69, 9.17) is 14.7 Å². The fraction of sp³-hybridized carbons (Fsp3) is 0.500. The van der Waals surface area contributed by atoms with Gasteiger partial charge in [-0.3, -0.25) is 4.90 Å². The second-order valence-corrected chi connectivity index (χ2v) is 9.90. The number of benzene rings is 1. The highest BCUT2D eigenvalue weighted by Crippen LogP contribution is 2.35. The van der Waals surface area contributed by atoms with Crippen LogP contribution in [0.15, 0.2) is 30.5 Å². The third kappa shape index (κ3) is 4.07. The van der Waals surface area contributed by atoms with E-state index in [-0.39, 0.29) is 30.9 Å². The van der Waals surface area contributed by atoms with Crippen LogP contribution in [0.4, 0.5) is 16.3 Å². The van der Waals surface area contributed by atoms with Crippen molar-refractivity contribution in [2.45, 2.75) is 51.4 Å². The Bertz CT molecular complexity index is 1190. The highest BCUT2D eigenvalue weighted by molar-refractivity contribution is 5.89. The molecule has 2 atom stereocenters. The first-order chi connectivity index (χ1) is 16.2. The van der Waals surface area contributed by atoms with Crippen molar-refractivity contribution in [3.63, 3.8) is 0 Å². The van der Waals surface area contributed by atoms with E-state index in [0.29, 0.717) is 11.5 Å². The van der Waals surface area contributed by atoms with Crippen molar-refractivity contribution < 1.29 is 19.7 Å². The SMILES string of the molecule is CC(C)(C)n1ncc2c(N3CC4CCC(C3)O4)nc(-c3ccc(N(CCO)C(=O)O)cc3)nc21.